The molecule has 0 aliphatic carbocycles. The minimum atomic E-state index is -0.489. The van der Waals surface area contributed by atoms with Crippen molar-refractivity contribution >= 4 is 22.5 Å². The van der Waals surface area contributed by atoms with Crippen molar-refractivity contribution in [2.24, 2.45) is 0 Å². The van der Waals surface area contributed by atoms with Crippen LogP contribution < -0.4 is 0 Å². The molecule has 1 saturated heterocycles. The van der Waals surface area contributed by atoms with Gasteiger partial charge in [-0.25, -0.2) is 0 Å². The summed E-state index contributed by atoms with van der Waals surface area (Å²) in [5, 5.41) is 2.58. The van der Waals surface area contributed by atoms with Crippen LogP contribution >= 0.6 is 0 Å². The van der Waals surface area contributed by atoms with Gasteiger partial charge in [-0.1, -0.05) is 103 Å². The van der Waals surface area contributed by atoms with E-state index in [1.54, 1.807) is 0 Å². The van der Waals surface area contributed by atoms with Gasteiger partial charge in [0.1, 0.15) is 5.78 Å². The molecule has 4 aromatic rings. The summed E-state index contributed by atoms with van der Waals surface area (Å²) >= 11 is 0. The predicted octanol–water partition coefficient (Wildman–Crippen LogP) is 7.31. The number of ketones is 1. The lowest BCUT2D eigenvalue weighted by atomic mass is 9.68. The Morgan fingerprint density at radius 1 is 0.658 bits per heavy atom. The maximum atomic E-state index is 13.8. The van der Waals surface area contributed by atoms with E-state index in [2.05, 4.69) is 66.7 Å². The standard InChI is InChI=1S/C35H37NO2/c37-33(21-10-8-15-30-17-11-16-29-14-7-9-20-32(29)30)35(31-18-5-2-6-19-31)24-26-36(27-25-35)34(38)23-22-28-12-3-1-4-13-28/h1-7,9,11-14,16-20H,8,10,15,21-27H2. The SMILES string of the molecule is O=C(CCc1ccccc1)N1CCC(C(=O)CCCCc2cccc3ccccc23)(c2ccccc2)CC1. The molecular formula is C35H37NO2. The number of unbranched alkanes of at least 4 members (excludes halogenated alkanes) is 1. The first-order chi connectivity index (χ1) is 18.7. The lowest BCUT2D eigenvalue weighted by molar-refractivity contribution is -0.136. The fourth-order valence-corrected chi connectivity index (χ4v) is 6.03. The third-order valence-electron chi connectivity index (χ3n) is 8.28. The van der Waals surface area contributed by atoms with Crippen LogP contribution in [0.1, 0.15) is 55.2 Å². The van der Waals surface area contributed by atoms with Crippen molar-refractivity contribution < 1.29 is 9.59 Å². The highest BCUT2D eigenvalue weighted by Gasteiger charge is 2.42. The number of aryl methyl sites for hydroxylation is 2. The predicted molar refractivity (Wildman–Crippen MR) is 155 cm³/mol. The van der Waals surface area contributed by atoms with Crippen LogP contribution in [0.25, 0.3) is 10.8 Å². The Balaban J connectivity index is 1.19. The molecule has 3 heteroatoms. The van der Waals surface area contributed by atoms with Gasteiger partial charge in [-0.2, -0.15) is 0 Å². The molecule has 1 amide bonds. The second-order valence-corrected chi connectivity index (χ2v) is 10.6. The Morgan fingerprint density at radius 3 is 2.08 bits per heavy atom. The summed E-state index contributed by atoms with van der Waals surface area (Å²) in [6.45, 7) is 1.29. The molecule has 0 atom stereocenters. The monoisotopic (exact) mass is 503 g/mol. The van der Waals surface area contributed by atoms with Crippen LogP contribution in [0.15, 0.2) is 103 Å². The lowest BCUT2D eigenvalue weighted by Crippen LogP contribution is -2.49. The van der Waals surface area contributed by atoms with E-state index >= 15 is 0 Å². The van der Waals surface area contributed by atoms with E-state index in [0.717, 1.165) is 31.2 Å². The second-order valence-electron chi connectivity index (χ2n) is 10.6. The third kappa shape index (κ3) is 5.88. The molecule has 1 fully saturated rings. The Morgan fingerprint density at radius 2 is 1.32 bits per heavy atom. The number of carbonyl (C=O) groups excluding carboxylic acids is 2. The van der Waals surface area contributed by atoms with Crippen molar-refractivity contribution in [1.82, 2.24) is 4.90 Å². The fourth-order valence-electron chi connectivity index (χ4n) is 6.03. The lowest BCUT2D eigenvalue weighted by Gasteiger charge is -2.41. The summed E-state index contributed by atoms with van der Waals surface area (Å²) in [5.74, 6) is 0.524. The van der Waals surface area contributed by atoms with E-state index < -0.39 is 5.41 Å². The quantitative estimate of drug-likeness (QED) is 0.213. The molecule has 1 aliphatic rings. The number of hydrogen-bond donors (Lipinski definition) is 0. The summed E-state index contributed by atoms with van der Waals surface area (Å²) in [6, 6.07) is 35.5. The average Bonchev–Trinajstić information content (AvgIpc) is 2.99. The van der Waals surface area contributed by atoms with Crippen LogP contribution in [-0.4, -0.2) is 29.7 Å². The summed E-state index contributed by atoms with van der Waals surface area (Å²) in [4.78, 5) is 28.8. The van der Waals surface area contributed by atoms with Gasteiger partial charge in [-0.15, -0.1) is 0 Å². The zero-order valence-electron chi connectivity index (χ0n) is 22.1. The number of fused-ring (bicyclic) bond motifs is 1. The number of piperidine rings is 1. The van der Waals surface area contributed by atoms with Gasteiger partial charge in [0, 0.05) is 25.9 Å². The Hall–Kier alpha value is -3.72. The first-order valence-corrected chi connectivity index (χ1v) is 14.0. The number of carbonyl (C=O) groups is 2. The zero-order valence-corrected chi connectivity index (χ0v) is 22.1. The Kier molecular flexibility index (Phi) is 8.33. The molecule has 0 unspecified atom stereocenters. The average molecular weight is 504 g/mol. The summed E-state index contributed by atoms with van der Waals surface area (Å²) < 4.78 is 0. The van der Waals surface area contributed by atoms with Crippen molar-refractivity contribution in [3.05, 3.63) is 120 Å². The number of amides is 1. The van der Waals surface area contributed by atoms with E-state index in [4.69, 9.17) is 0 Å². The molecule has 194 valence electrons. The highest BCUT2D eigenvalue weighted by molar-refractivity contribution is 5.91. The van der Waals surface area contributed by atoms with Crippen LogP contribution in [0.2, 0.25) is 0 Å². The smallest absolute Gasteiger partial charge is 0.222 e. The van der Waals surface area contributed by atoms with Crippen molar-refractivity contribution in [2.45, 2.75) is 56.8 Å². The Bertz CT molecular complexity index is 1350. The molecule has 0 spiro atoms. The van der Waals surface area contributed by atoms with Gasteiger partial charge in [0.25, 0.3) is 0 Å². The molecule has 0 N–H and O–H groups in total. The number of rotatable bonds is 10. The molecule has 4 aromatic carbocycles. The van der Waals surface area contributed by atoms with E-state index in [9.17, 15) is 9.59 Å². The van der Waals surface area contributed by atoms with Gasteiger partial charge in [0.15, 0.2) is 0 Å². The van der Waals surface area contributed by atoms with Crippen molar-refractivity contribution in [3.63, 3.8) is 0 Å². The van der Waals surface area contributed by atoms with Crippen LogP contribution in [-0.2, 0) is 27.8 Å². The minimum absolute atomic E-state index is 0.193. The molecule has 3 nitrogen and oxygen atoms in total. The zero-order chi connectivity index (χ0) is 26.2. The first kappa shape index (κ1) is 25.9. The number of nitrogens with zero attached hydrogens (tertiary/aromatic N) is 1. The van der Waals surface area contributed by atoms with Crippen LogP contribution in [0, 0.1) is 0 Å². The van der Waals surface area contributed by atoms with Crippen molar-refractivity contribution in [3.8, 4) is 0 Å². The molecule has 0 aromatic heterocycles. The highest BCUT2D eigenvalue weighted by Crippen LogP contribution is 2.38. The fraction of sp³-hybridized carbons (Fsp3) is 0.314. The second kappa shape index (κ2) is 12.2. The number of likely N-dealkylation sites (tertiary alicyclic amines) is 1. The van der Waals surface area contributed by atoms with Gasteiger partial charge in [0.2, 0.25) is 5.91 Å². The summed E-state index contributed by atoms with van der Waals surface area (Å²) in [7, 11) is 0. The van der Waals surface area contributed by atoms with E-state index in [0.29, 0.717) is 44.6 Å². The van der Waals surface area contributed by atoms with E-state index in [1.165, 1.54) is 21.9 Å². The number of Topliss-reactive ketones (excluding diaryl/α,β-unsaturated/α-hetero) is 1. The first-order valence-electron chi connectivity index (χ1n) is 14.0. The number of hydrogen-bond acceptors (Lipinski definition) is 2. The van der Waals surface area contributed by atoms with Crippen molar-refractivity contribution in [2.75, 3.05) is 13.1 Å². The topological polar surface area (TPSA) is 37.4 Å². The van der Waals surface area contributed by atoms with Gasteiger partial charge in [0.05, 0.1) is 5.41 Å². The maximum Gasteiger partial charge on any atom is 0.222 e. The maximum absolute atomic E-state index is 13.8. The third-order valence-corrected chi connectivity index (χ3v) is 8.28. The van der Waals surface area contributed by atoms with Crippen LogP contribution in [0.4, 0.5) is 0 Å². The highest BCUT2D eigenvalue weighted by atomic mass is 16.2. The number of benzene rings is 4. The largest absolute Gasteiger partial charge is 0.343 e. The molecule has 5 rings (SSSR count). The van der Waals surface area contributed by atoms with Gasteiger partial charge in [-0.3, -0.25) is 9.59 Å². The molecule has 0 bridgehead atoms. The molecule has 38 heavy (non-hydrogen) atoms. The molecule has 1 aliphatic heterocycles. The van der Waals surface area contributed by atoms with Crippen molar-refractivity contribution in [1.29, 1.82) is 0 Å². The normalized spacial score (nSPS) is 14.9. The van der Waals surface area contributed by atoms with Gasteiger partial charge >= 0.3 is 0 Å². The minimum Gasteiger partial charge on any atom is -0.343 e. The van der Waals surface area contributed by atoms with Crippen LogP contribution in [0.5, 0.6) is 0 Å². The van der Waals surface area contributed by atoms with Gasteiger partial charge < -0.3 is 4.90 Å². The summed E-state index contributed by atoms with van der Waals surface area (Å²) in [5.41, 5.74) is 3.16. The molecule has 0 saturated carbocycles. The molecule has 0 radical (unpaired) electrons. The molecule has 1 heterocycles. The van der Waals surface area contributed by atoms with Crippen LogP contribution in [0.3, 0.4) is 0 Å². The van der Waals surface area contributed by atoms with E-state index in [1.807, 2.05) is 41.3 Å². The molecular weight excluding hydrogens is 466 g/mol. The van der Waals surface area contributed by atoms with E-state index in [-0.39, 0.29) is 5.91 Å². The summed E-state index contributed by atoms with van der Waals surface area (Å²) in [6.07, 6.45) is 6.13. The van der Waals surface area contributed by atoms with Gasteiger partial charge in [-0.05, 0) is 66.0 Å². The Labute approximate surface area is 226 Å².